The van der Waals surface area contributed by atoms with E-state index in [9.17, 15) is 18.3 Å². The van der Waals surface area contributed by atoms with E-state index in [1.54, 1.807) is 38.2 Å². The van der Waals surface area contributed by atoms with Gasteiger partial charge in [-0.15, -0.1) is 0 Å². The summed E-state index contributed by atoms with van der Waals surface area (Å²) in [7, 11) is -3.90. The van der Waals surface area contributed by atoms with Crippen LogP contribution in [0.15, 0.2) is 39.9 Å². The maximum absolute atomic E-state index is 13.4. The van der Waals surface area contributed by atoms with Gasteiger partial charge in [-0.05, 0) is 77.3 Å². The van der Waals surface area contributed by atoms with Gasteiger partial charge in [0.2, 0.25) is 10.0 Å². The van der Waals surface area contributed by atoms with Gasteiger partial charge in [-0.1, -0.05) is 5.16 Å². The summed E-state index contributed by atoms with van der Waals surface area (Å²) in [6, 6.07) is 6.29. The molecule has 2 N–H and O–H groups in total. The number of nitrogens with one attached hydrogen (secondary N) is 1. The number of carboxylic acid groups (broad SMARTS) is 1. The summed E-state index contributed by atoms with van der Waals surface area (Å²) in [6.45, 7) is 9.08. The van der Waals surface area contributed by atoms with Crippen LogP contribution in [0.1, 0.15) is 45.1 Å². The van der Waals surface area contributed by atoms with Gasteiger partial charge in [0.05, 0.1) is 16.1 Å². The highest BCUT2D eigenvalue weighted by atomic mass is 32.2. The lowest BCUT2D eigenvalue weighted by Crippen LogP contribution is -2.60. The summed E-state index contributed by atoms with van der Waals surface area (Å²) in [4.78, 5) is 17.6. The standard InChI is InChI=1S/C23H28N4O5S/c1-13-21(14(2)32-25-13)15-9-19-18(7-6-8-24-19)20(10-15)33(30,31)26-16-11-17(12-16)27(22(28)29)23(3,4)5/h6-10,16-17,26H,11-12H2,1-5H3,(H,28,29)/t16-,17-. The van der Waals surface area contributed by atoms with Gasteiger partial charge in [-0.2, -0.15) is 0 Å². The lowest BCUT2D eigenvalue weighted by atomic mass is 9.84. The number of aryl methyl sites for hydroxylation is 2. The highest BCUT2D eigenvalue weighted by Crippen LogP contribution is 2.35. The molecule has 0 bridgehead atoms. The zero-order chi connectivity index (χ0) is 24.1. The van der Waals surface area contributed by atoms with Crippen molar-refractivity contribution in [1.29, 1.82) is 0 Å². The molecule has 33 heavy (non-hydrogen) atoms. The van der Waals surface area contributed by atoms with Gasteiger partial charge in [-0.3, -0.25) is 4.98 Å². The fraction of sp³-hybridized carbons (Fsp3) is 0.435. The van der Waals surface area contributed by atoms with E-state index in [1.807, 2.05) is 26.8 Å². The first-order valence-corrected chi connectivity index (χ1v) is 12.2. The van der Waals surface area contributed by atoms with Gasteiger partial charge in [0.1, 0.15) is 5.76 Å². The number of sulfonamides is 1. The minimum atomic E-state index is -3.90. The van der Waals surface area contributed by atoms with Crippen molar-refractivity contribution in [2.75, 3.05) is 0 Å². The van der Waals surface area contributed by atoms with E-state index in [2.05, 4.69) is 14.9 Å². The Kier molecular flexibility index (Phi) is 5.69. The van der Waals surface area contributed by atoms with Gasteiger partial charge in [0.15, 0.2) is 0 Å². The first kappa shape index (κ1) is 23.2. The average molecular weight is 473 g/mol. The number of aromatic nitrogens is 2. The number of hydrogen-bond acceptors (Lipinski definition) is 6. The Bertz CT molecular complexity index is 1300. The van der Waals surface area contributed by atoms with Crippen molar-refractivity contribution in [2.45, 2.75) is 70.0 Å². The van der Waals surface area contributed by atoms with Crippen molar-refractivity contribution in [1.82, 2.24) is 19.8 Å². The number of nitrogens with zero attached hydrogens (tertiary/aromatic N) is 3. The van der Waals surface area contributed by atoms with Crippen molar-refractivity contribution >= 4 is 27.0 Å². The largest absolute Gasteiger partial charge is 0.465 e. The Labute approximate surface area is 192 Å². The highest BCUT2D eigenvalue weighted by Gasteiger charge is 2.42. The Morgan fingerprint density at radius 3 is 2.52 bits per heavy atom. The lowest BCUT2D eigenvalue weighted by Gasteiger charge is -2.47. The van der Waals surface area contributed by atoms with Crippen LogP contribution in [0.4, 0.5) is 4.79 Å². The number of fused-ring (bicyclic) bond motifs is 1. The molecule has 0 aliphatic heterocycles. The van der Waals surface area contributed by atoms with E-state index < -0.39 is 21.7 Å². The third-order valence-corrected chi connectivity index (χ3v) is 7.58. The first-order chi connectivity index (χ1) is 15.4. The molecule has 1 aliphatic carbocycles. The molecule has 3 aromatic rings. The molecule has 9 nitrogen and oxygen atoms in total. The predicted molar refractivity (Wildman–Crippen MR) is 123 cm³/mol. The van der Waals surface area contributed by atoms with Crippen molar-refractivity contribution in [3.63, 3.8) is 0 Å². The normalized spacial score (nSPS) is 18.8. The minimum Gasteiger partial charge on any atom is -0.465 e. The van der Waals surface area contributed by atoms with Gasteiger partial charge in [0.25, 0.3) is 0 Å². The monoisotopic (exact) mass is 472 g/mol. The highest BCUT2D eigenvalue weighted by molar-refractivity contribution is 7.89. The van der Waals surface area contributed by atoms with Crippen molar-refractivity contribution < 1.29 is 22.8 Å². The second-order valence-corrected chi connectivity index (χ2v) is 11.2. The maximum Gasteiger partial charge on any atom is 0.407 e. The number of hydrogen-bond donors (Lipinski definition) is 2. The Morgan fingerprint density at radius 2 is 1.94 bits per heavy atom. The van der Waals surface area contributed by atoms with Crippen LogP contribution in [0.2, 0.25) is 0 Å². The molecule has 10 heteroatoms. The van der Waals surface area contributed by atoms with Crippen molar-refractivity contribution in [3.05, 3.63) is 41.9 Å². The molecule has 1 fully saturated rings. The molecule has 1 amide bonds. The first-order valence-electron chi connectivity index (χ1n) is 10.7. The van der Waals surface area contributed by atoms with Crippen LogP contribution in [0.5, 0.6) is 0 Å². The van der Waals surface area contributed by atoms with Crippen LogP contribution in [-0.2, 0) is 10.0 Å². The van der Waals surface area contributed by atoms with E-state index in [0.29, 0.717) is 40.8 Å². The molecule has 0 radical (unpaired) electrons. The molecule has 4 rings (SSSR count). The Balaban J connectivity index is 1.66. The second kappa shape index (κ2) is 8.11. The molecule has 1 aliphatic rings. The van der Waals surface area contributed by atoms with Gasteiger partial charge >= 0.3 is 6.09 Å². The summed E-state index contributed by atoms with van der Waals surface area (Å²) in [5.74, 6) is 0.594. The van der Waals surface area contributed by atoms with Gasteiger partial charge in [-0.25, -0.2) is 17.9 Å². The van der Waals surface area contributed by atoms with Crippen molar-refractivity contribution in [2.24, 2.45) is 0 Å². The fourth-order valence-electron chi connectivity index (χ4n) is 4.58. The summed E-state index contributed by atoms with van der Waals surface area (Å²) in [5, 5.41) is 14.1. The SMILES string of the molecule is Cc1noc(C)c1-c1cc(S(=O)(=O)N[C@H]2C[C@H](N(C(=O)O)C(C)(C)C)C2)c2cccnc2c1. The zero-order valence-corrected chi connectivity index (χ0v) is 20.1. The molecule has 0 spiro atoms. The number of rotatable bonds is 5. The lowest BCUT2D eigenvalue weighted by molar-refractivity contribution is 0.0327. The number of benzene rings is 1. The minimum absolute atomic E-state index is 0.123. The molecule has 1 aromatic carbocycles. The van der Waals surface area contributed by atoms with Gasteiger partial charge < -0.3 is 14.5 Å². The molecule has 0 atom stereocenters. The molecule has 0 unspecified atom stereocenters. The molecular weight excluding hydrogens is 444 g/mol. The van der Waals surface area contributed by atoms with Crippen LogP contribution in [0, 0.1) is 13.8 Å². The molecule has 1 saturated carbocycles. The molecular formula is C23H28N4O5S. The number of carbonyl (C=O) groups is 1. The maximum atomic E-state index is 13.4. The van der Waals surface area contributed by atoms with E-state index >= 15 is 0 Å². The van der Waals surface area contributed by atoms with Crippen LogP contribution in [0.3, 0.4) is 0 Å². The van der Waals surface area contributed by atoms with Crippen LogP contribution < -0.4 is 4.72 Å². The van der Waals surface area contributed by atoms with E-state index in [-0.39, 0.29) is 17.0 Å². The summed E-state index contributed by atoms with van der Waals surface area (Å²) >= 11 is 0. The fourth-order valence-corrected chi connectivity index (χ4v) is 6.08. The molecule has 0 saturated heterocycles. The smallest absolute Gasteiger partial charge is 0.407 e. The summed E-state index contributed by atoms with van der Waals surface area (Å²) < 4.78 is 34.9. The van der Waals surface area contributed by atoms with E-state index in [1.165, 1.54) is 4.90 Å². The molecule has 2 heterocycles. The second-order valence-electron chi connectivity index (χ2n) is 9.51. The summed E-state index contributed by atoms with van der Waals surface area (Å²) in [6.07, 6.45) is 1.45. The predicted octanol–water partition coefficient (Wildman–Crippen LogP) is 4.09. The van der Waals surface area contributed by atoms with E-state index in [0.717, 1.165) is 5.56 Å². The average Bonchev–Trinajstić information content (AvgIpc) is 3.02. The Morgan fingerprint density at radius 1 is 1.24 bits per heavy atom. The Hall–Kier alpha value is -2.98. The number of pyridine rings is 1. The van der Waals surface area contributed by atoms with Crippen LogP contribution in [-0.4, -0.2) is 52.3 Å². The van der Waals surface area contributed by atoms with E-state index in [4.69, 9.17) is 4.52 Å². The molecule has 2 aromatic heterocycles. The molecule has 176 valence electrons. The van der Waals surface area contributed by atoms with Crippen molar-refractivity contribution in [3.8, 4) is 11.1 Å². The van der Waals surface area contributed by atoms with Crippen LogP contribution >= 0.6 is 0 Å². The third-order valence-electron chi connectivity index (χ3n) is 6.02. The topological polar surface area (TPSA) is 126 Å². The summed E-state index contributed by atoms with van der Waals surface area (Å²) in [5.41, 5.74) is 2.05. The van der Waals surface area contributed by atoms with Crippen LogP contribution in [0.25, 0.3) is 22.0 Å². The quantitative estimate of drug-likeness (QED) is 0.573. The number of amides is 1. The zero-order valence-electron chi connectivity index (χ0n) is 19.3. The third kappa shape index (κ3) is 4.32. The van der Waals surface area contributed by atoms with Gasteiger partial charge in [0, 0.05) is 34.8 Å².